The number of nitriles is 1. The fourth-order valence-electron chi connectivity index (χ4n) is 10.4. The molecule has 3 aliphatic carbocycles. The molecule has 0 fully saturated rings. The second-order valence-corrected chi connectivity index (χ2v) is 15.5. The van der Waals surface area contributed by atoms with Crippen molar-refractivity contribution in [2.45, 2.75) is 31.1 Å². The third-order valence-electron chi connectivity index (χ3n) is 12.7. The van der Waals surface area contributed by atoms with Gasteiger partial charge in [0.25, 0.3) is 0 Å². The maximum atomic E-state index is 10.7. The molecule has 2 heterocycles. The Morgan fingerprint density at radius 2 is 1.39 bits per heavy atom. The average Bonchev–Trinajstić information content (AvgIpc) is 3.92. The Morgan fingerprint density at radius 1 is 0.661 bits per heavy atom. The van der Waals surface area contributed by atoms with E-state index in [4.69, 9.17) is 4.99 Å². The molecule has 3 heteroatoms. The van der Waals surface area contributed by atoms with Crippen LogP contribution in [-0.4, -0.2) is 10.3 Å². The summed E-state index contributed by atoms with van der Waals surface area (Å²) in [5.41, 5.74) is 19.3. The number of para-hydroxylation sites is 1. The lowest BCUT2D eigenvalue weighted by molar-refractivity contribution is 0.835. The number of allylic oxidation sites excluding steroid dienone is 5. The lowest BCUT2D eigenvalue weighted by Gasteiger charge is -2.27. The van der Waals surface area contributed by atoms with Crippen LogP contribution in [0.4, 0.5) is 0 Å². The first-order valence-electron chi connectivity index (χ1n) is 19.7. The Labute approximate surface area is 325 Å². The summed E-state index contributed by atoms with van der Waals surface area (Å²) < 4.78 is 2.48. The number of aromatic nitrogens is 1. The van der Waals surface area contributed by atoms with Crippen LogP contribution in [0.2, 0.25) is 0 Å². The van der Waals surface area contributed by atoms with Gasteiger partial charge >= 0.3 is 0 Å². The molecule has 0 bridgehead atoms. The zero-order valence-electron chi connectivity index (χ0n) is 30.7. The molecular formula is C53H35N3. The summed E-state index contributed by atoms with van der Waals surface area (Å²) in [5.74, 6) is 0.123. The van der Waals surface area contributed by atoms with Gasteiger partial charge in [-0.3, -0.25) is 4.99 Å². The first kappa shape index (κ1) is 31.3. The second-order valence-electron chi connectivity index (χ2n) is 15.5. The van der Waals surface area contributed by atoms with E-state index in [1.165, 1.54) is 77.1 Å². The van der Waals surface area contributed by atoms with Crippen molar-refractivity contribution in [2.75, 3.05) is 0 Å². The molecule has 0 radical (unpaired) electrons. The SMILES string of the molecule is N#CC1=C(c2ccccc2)N=C(C2=CC=CCC2)CC1c1ccc(-n2c3ccccc3c3c4c(c5ccccc5c32)C2c3ccccc3-c3cccc-4c32)cc1. The van der Waals surface area contributed by atoms with Crippen molar-refractivity contribution in [3.8, 4) is 34.0 Å². The first-order chi connectivity index (χ1) is 27.8. The van der Waals surface area contributed by atoms with Gasteiger partial charge in [0.2, 0.25) is 0 Å². The van der Waals surface area contributed by atoms with Crippen molar-refractivity contribution < 1.29 is 0 Å². The molecule has 1 aromatic heterocycles. The van der Waals surface area contributed by atoms with Gasteiger partial charge in [-0.25, -0.2) is 0 Å². The van der Waals surface area contributed by atoms with Crippen LogP contribution in [0.15, 0.2) is 180 Å². The van der Waals surface area contributed by atoms with Crippen LogP contribution >= 0.6 is 0 Å². The van der Waals surface area contributed by atoms with Crippen molar-refractivity contribution in [3.05, 3.63) is 203 Å². The van der Waals surface area contributed by atoms with Crippen molar-refractivity contribution in [1.29, 1.82) is 5.26 Å². The number of benzene rings is 7. The molecule has 56 heavy (non-hydrogen) atoms. The van der Waals surface area contributed by atoms with Gasteiger partial charge in [-0.2, -0.15) is 5.26 Å². The van der Waals surface area contributed by atoms with Crippen LogP contribution in [0, 0.1) is 11.3 Å². The largest absolute Gasteiger partial charge is 0.309 e. The normalized spacial score (nSPS) is 17.8. The van der Waals surface area contributed by atoms with E-state index in [1.54, 1.807) is 0 Å². The van der Waals surface area contributed by atoms with Gasteiger partial charge in [-0.1, -0.05) is 146 Å². The van der Waals surface area contributed by atoms with Gasteiger partial charge in [0.1, 0.15) is 0 Å². The number of hydrogen-bond acceptors (Lipinski definition) is 2. The minimum absolute atomic E-state index is 0.0955. The summed E-state index contributed by atoms with van der Waals surface area (Å²) in [5, 5.41) is 15.9. The third-order valence-corrected chi connectivity index (χ3v) is 12.7. The number of hydrogen-bond donors (Lipinski definition) is 0. The minimum Gasteiger partial charge on any atom is -0.309 e. The quantitative estimate of drug-likeness (QED) is 0.179. The first-order valence-corrected chi connectivity index (χ1v) is 19.7. The summed E-state index contributed by atoms with van der Waals surface area (Å²) in [4.78, 5) is 5.20. The van der Waals surface area contributed by atoms with Gasteiger partial charge in [0.05, 0.1) is 28.4 Å². The fourth-order valence-corrected chi connectivity index (χ4v) is 10.4. The molecule has 2 unspecified atom stereocenters. The van der Waals surface area contributed by atoms with Crippen LogP contribution < -0.4 is 0 Å². The Hall–Kier alpha value is -7.02. The minimum atomic E-state index is -0.0955. The van der Waals surface area contributed by atoms with Crippen molar-refractivity contribution >= 4 is 44.0 Å². The Bertz CT molecular complexity index is 3160. The highest BCUT2D eigenvalue weighted by atomic mass is 15.0. The van der Waals surface area contributed by atoms with E-state index >= 15 is 0 Å². The molecule has 12 rings (SSSR count). The van der Waals surface area contributed by atoms with E-state index in [2.05, 4.69) is 156 Å². The summed E-state index contributed by atoms with van der Waals surface area (Å²) in [6.07, 6.45) is 9.24. The summed E-state index contributed by atoms with van der Waals surface area (Å²) >= 11 is 0. The smallest absolute Gasteiger partial charge is 0.0976 e. The molecule has 8 aromatic rings. The summed E-state index contributed by atoms with van der Waals surface area (Å²) in [7, 11) is 0. The molecule has 4 aliphatic rings. The fraction of sp³-hybridized carbons (Fsp3) is 0.0943. The van der Waals surface area contributed by atoms with Gasteiger partial charge in [-0.05, 0) is 86.5 Å². The maximum Gasteiger partial charge on any atom is 0.0976 e. The van der Waals surface area contributed by atoms with Gasteiger partial charge in [0.15, 0.2) is 0 Å². The van der Waals surface area contributed by atoms with E-state index in [-0.39, 0.29) is 11.8 Å². The van der Waals surface area contributed by atoms with Crippen molar-refractivity contribution in [1.82, 2.24) is 4.57 Å². The topological polar surface area (TPSA) is 41.1 Å². The number of nitrogens with zero attached hydrogens (tertiary/aromatic N) is 3. The average molecular weight is 714 g/mol. The van der Waals surface area contributed by atoms with Gasteiger partial charge < -0.3 is 4.57 Å². The van der Waals surface area contributed by atoms with E-state index < -0.39 is 0 Å². The number of aliphatic imine (C=N–C) groups is 1. The van der Waals surface area contributed by atoms with E-state index in [0.717, 1.165) is 46.6 Å². The molecule has 0 saturated carbocycles. The standard InChI is InChI=1S/C53H35N3/c54-31-44-43(30-45(33-14-3-1-4-15-33)55-52(44)34-16-5-2-6-17-34)32-26-28-35(29-27-32)56-46-25-12-11-22-41(46)51-50-42-24-13-23-37-36-18-7-8-19-38(36)48(47(37)42)49(50)39-20-9-10-21-40(39)53(51)56/h1-3,5-14,16-29,43,48H,4,15,30H2. The van der Waals surface area contributed by atoms with Crippen LogP contribution in [0.5, 0.6) is 0 Å². The zero-order valence-corrected chi connectivity index (χ0v) is 30.7. The summed E-state index contributed by atoms with van der Waals surface area (Å²) in [6.45, 7) is 0. The molecule has 0 amide bonds. The molecule has 262 valence electrons. The molecule has 3 nitrogen and oxygen atoms in total. The third kappa shape index (κ3) is 4.30. The molecule has 0 N–H and O–H groups in total. The van der Waals surface area contributed by atoms with Crippen LogP contribution in [0.3, 0.4) is 0 Å². The highest BCUT2D eigenvalue weighted by Gasteiger charge is 2.41. The molecular weight excluding hydrogens is 679 g/mol. The van der Waals surface area contributed by atoms with Crippen LogP contribution in [0.25, 0.3) is 66.2 Å². The predicted molar refractivity (Wildman–Crippen MR) is 230 cm³/mol. The summed E-state index contributed by atoms with van der Waals surface area (Å²) in [6, 6.07) is 55.8. The molecule has 7 aromatic carbocycles. The monoisotopic (exact) mass is 713 g/mol. The van der Waals surface area contributed by atoms with Gasteiger partial charge in [-0.15, -0.1) is 0 Å². The highest BCUT2D eigenvalue weighted by molar-refractivity contribution is 6.27. The van der Waals surface area contributed by atoms with Crippen molar-refractivity contribution in [3.63, 3.8) is 0 Å². The highest BCUT2D eigenvalue weighted by Crippen LogP contribution is 2.62. The zero-order chi connectivity index (χ0) is 36.9. The van der Waals surface area contributed by atoms with Crippen LogP contribution in [0.1, 0.15) is 58.9 Å². The second kappa shape index (κ2) is 12.0. The van der Waals surface area contributed by atoms with Gasteiger partial charge in [0, 0.05) is 51.4 Å². The molecule has 1 aliphatic heterocycles. The Kier molecular flexibility index (Phi) is 6.71. The Morgan fingerprint density at radius 3 is 2.21 bits per heavy atom. The molecule has 0 spiro atoms. The molecule has 2 atom stereocenters. The Balaban J connectivity index is 1.07. The number of fused-ring (bicyclic) bond motifs is 13. The number of rotatable bonds is 4. The lowest BCUT2D eigenvalue weighted by atomic mass is 9.80. The van der Waals surface area contributed by atoms with E-state index in [0.29, 0.717) is 6.42 Å². The van der Waals surface area contributed by atoms with Crippen molar-refractivity contribution in [2.24, 2.45) is 4.99 Å². The van der Waals surface area contributed by atoms with E-state index in [9.17, 15) is 5.26 Å². The predicted octanol–water partition coefficient (Wildman–Crippen LogP) is 13.2. The van der Waals surface area contributed by atoms with E-state index in [1.807, 2.05) is 18.2 Å². The molecule has 0 saturated heterocycles. The lowest BCUT2D eigenvalue weighted by Crippen LogP contribution is -2.18. The van der Waals surface area contributed by atoms with Crippen LogP contribution in [-0.2, 0) is 0 Å². The maximum absolute atomic E-state index is 10.7.